The number of rotatable bonds is 6. The maximum Gasteiger partial charge on any atom is 0.0483 e. The van der Waals surface area contributed by atoms with Crippen molar-refractivity contribution >= 4 is 10.9 Å². The van der Waals surface area contributed by atoms with E-state index in [0.717, 1.165) is 32.5 Å². The molecule has 0 spiro atoms. The number of unbranched alkanes of at least 4 members (excludes halogenated alkanes) is 1. The summed E-state index contributed by atoms with van der Waals surface area (Å²) >= 11 is 0. The lowest BCUT2D eigenvalue weighted by Crippen LogP contribution is -2.18. The Morgan fingerprint density at radius 2 is 2.00 bits per heavy atom. The van der Waals surface area contributed by atoms with Gasteiger partial charge in [-0.15, -0.1) is 0 Å². The molecule has 0 radical (unpaired) electrons. The molecule has 0 aliphatic rings. The van der Waals surface area contributed by atoms with Crippen LogP contribution in [0.25, 0.3) is 10.9 Å². The predicted molar refractivity (Wildman–Crippen MR) is 77.7 cm³/mol. The van der Waals surface area contributed by atoms with Crippen molar-refractivity contribution in [2.75, 3.05) is 13.1 Å². The zero-order chi connectivity index (χ0) is 13.0. The monoisotopic (exact) mass is 245 g/mol. The Kier molecular flexibility index (Phi) is 4.39. The Morgan fingerprint density at radius 3 is 2.72 bits per heavy atom. The SMILES string of the molecule is Cc1c(CNCCCCN)n(C)c2ccccc12. The maximum atomic E-state index is 5.49. The highest BCUT2D eigenvalue weighted by molar-refractivity contribution is 5.85. The number of aryl methyl sites for hydroxylation is 2. The summed E-state index contributed by atoms with van der Waals surface area (Å²) in [6, 6.07) is 8.58. The molecule has 3 heteroatoms. The lowest BCUT2D eigenvalue weighted by atomic mass is 10.1. The lowest BCUT2D eigenvalue weighted by molar-refractivity contribution is 0.609. The molecule has 1 aromatic heterocycles. The summed E-state index contributed by atoms with van der Waals surface area (Å²) < 4.78 is 2.29. The normalized spacial score (nSPS) is 11.3. The number of fused-ring (bicyclic) bond motifs is 1. The first-order valence-electron chi connectivity index (χ1n) is 6.69. The van der Waals surface area contributed by atoms with Gasteiger partial charge < -0.3 is 15.6 Å². The van der Waals surface area contributed by atoms with E-state index in [4.69, 9.17) is 5.73 Å². The molecule has 1 heterocycles. The molecular formula is C15H23N3. The van der Waals surface area contributed by atoms with Gasteiger partial charge in [-0.05, 0) is 44.5 Å². The van der Waals surface area contributed by atoms with Gasteiger partial charge in [-0.1, -0.05) is 18.2 Å². The molecule has 0 aliphatic heterocycles. The van der Waals surface area contributed by atoms with E-state index in [0.29, 0.717) is 0 Å². The molecule has 1 aromatic carbocycles. The molecule has 98 valence electrons. The van der Waals surface area contributed by atoms with Crippen molar-refractivity contribution in [2.45, 2.75) is 26.3 Å². The molecule has 0 atom stereocenters. The van der Waals surface area contributed by atoms with E-state index in [1.165, 1.54) is 22.2 Å². The molecular weight excluding hydrogens is 222 g/mol. The fourth-order valence-corrected chi connectivity index (χ4v) is 2.49. The van der Waals surface area contributed by atoms with Crippen LogP contribution in [0.3, 0.4) is 0 Å². The fourth-order valence-electron chi connectivity index (χ4n) is 2.49. The average Bonchev–Trinajstić information content (AvgIpc) is 2.64. The van der Waals surface area contributed by atoms with Gasteiger partial charge in [0, 0.05) is 30.2 Å². The third-order valence-electron chi connectivity index (χ3n) is 3.61. The molecule has 0 bridgehead atoms. The molecule has 0 fully saturated rings. The molecule has 3 nitrogen and oxygen atoms in total. The second-order valence-electron chi connectivity index (χ2n) is 4.82. The van der Waals surface area contributed by atoms with Crippen LogP contribution in [0.5, 0.6) is 0 Å². The van der Waals surface area contributed by atoms with Gasteiger partial charge in [0.2, 0.25) is 0 Å². The number of aromatic nitrogens is 1. The van der Waals surface area contributed by atoms with Gasteiger partial charge in [0.25, 0.3) is 0 Å². The number of hydrogen-bond acceptors (Lipinski definition) is 2. The Morgan fingerprint density at radius 1 is 1.22 bits per heavy atom. The van der Waals surface area contributed by atoms with E-state index in [1.807, 2.05) is 0 Å². The van der Waals surface area contributed by atoms with E-state index in [1.54, 1.807) is 0 Å². The van der Waals surface area contributed by atoms with Gasteiger partial charge in [0.1, 0.15) is 0 Å². The fraction of sp³-hybridized carbons (Fsp3) is 0.467. The van der Waals surface area contributed by atoms with Gasteiger partial charge in [-0.3, -0.25) is 0 Å². The summed E-state index contributed by atoms with van der Waals surface area (Å²) in [5.74, 6) is 0. The molecule has 18 heavy (non-hydrogen) atoms. The number of hydrogen-bond donors (Lipinski definition) is 2. The minimum atomic E-state index is 0.786. The third-order valence-corrected chi connectivity index (χ3v) is 3.61. The quantitative estimate of drug-likeness (QED) is 0.767. The van der Waals surface area contributed by atoms with Crippen LogP contribution >= 0.6 is 0 Å². The molecule has 2 aromatic rings. The van der Waals surface area contributed by atoms with Crippen LogP contribution in [0.15, 0.2) is 24.3 Å². The first-order chi connectivity index (χ1) is 8.75. The van der Waals surface area contributed by atoms with Gasteiger partial charge in [0.05, 0.1) is 0 Å². The predicted octanol–water partition coefficient (Wildman–Crippen LogP) is 2.32. The molecule has 0 unspecified atom stereocenters. The van der Waals surface area contributed by atoms with Gasteiger partial charge in [-0.2, -0.15) is 0 Å². The highest BCUT2D eigenvalue weighted by Crippen LogP contribution is 2.24. The summed E-state index contributed by atoms with van der Waals surface area (Å²) in [4.78, 5) is 0. The highest BCUT2D eigenvalue weighted by Gasteiger charge is 2.09. The van der Waals surface area contributed by atoms with Crippen molar-refractivity contribution in [2.24, 2.45) is 12.8 Å². The largest absolute Gasteiger partial charge is 0.346 e. The van der Waals surface area contributed by atoms with Crippen LogP contribution in [0.1, 0.15) is 24.1 Å². The molecule has 2 rings (SSSR count). The topological polar surface area (TPSA) is 43.0 Å². The minimum absolute atomic E-state index is 0.786. The van der Waals surface area contributed by atoms with Crippen molar-refractivity contribution in [3.63, 3.8) is 0 Å². The molecule has 0 aliphatic carbocycles. The van der Waals surface area contributed by atoms with Crippen LogP contribution in [0.4, 0.5) is 0 Å². The van der Waals surface area contributed by atoms with Gasteiger partial charge in [-0.25, -0.2) is 0 Å². The number of nitrogens with one attached hydrogen (secondary N) is 1. The molecule has 0 amide bonds. The standard InChI is InChI=1S/C15H23N3/c1-12-13-7-3-4-8-14(13)18(2)15(12)11-17-10-6-5-9-16/h3-4,7-8,17H,5-6,9-11,16H2,1-2H3. The Balaban J connectivity index is 2.08. The number of para-hydroxylation sites is 1. The summed E-state index contributed by atoms with van der Waals surface area (Å²) in [5.41, 5.74) is 9.57. The van der Waals surface area contributed by atoms with Crippen LogP contribution in [-0.4, -0.2) is 17.7 Å². The van der Waals surface area contributed by atoms with E-state index in [9.17, 15) is 0 Å². The van der Waals surface area contributed by atoms with Crippen molar-refractivity contribution in [3.8, 4) is 0 Å². The minimum Gasteiger partial charge on any atom is -0.346 e. The van der Waals surface area contributed by atoms with E-state index >= 15 is 0 Å². The second kappa shape index (κ2) is 6.03. The summed E-state index contributed by atoms with van der Waals surface area (Å²) in [5, 5.41) is 4.86. The van der Waals surface area contributed by atoms with E-state index in [-0.39, 0.29) is 0 Å². The zero-order valence-electron chi connectivity index (χ0n) is 11.4. The Hall–Kier alpha value is -1.32. The summed E-state index contributed by atoms with van der Waals surface area (Å²) in [6.45, 7) is 4.97. The van der Waals surface area contributed by atoms with Crippen molar-refractivity contribution in [3.05, 3.63) is 35.5 Å². The van der Waals surface area contributed by atoms with Gasteiger partial charge >= 0.3 is 0 Å². The van der Waals surface area contributed by atoms with Crippen LogP contribution in [-0.2, 0) is 13.6 Å². The first kappa shape index (κ1) is 13.1. The van der Waals surface area contributed by atoms with Crippen molar-refractivity contribution < 1.29 is 0 Å². The van der Waals surface area contributed by atoms with Gasteiger partial charge in [0.15, 0.2) is 0 Å². The molecule has 0 saturated carbocycles. The van der Waals surface area contributed by atoms with Crippen LogP contribution < -0.4 is 11.1 Å². The zero-order valence-corrected chi connectivity index (χ0v) is 11.4. The Bertz CT molecular complexity index is 475. The van der Waals surface area contributed by atoms with E-state index < -0.39 is 0 Å². The molecule has 0 saturated heterocycles. The van der Waals surface area contributed by atoms with Crippen molar-refractivity contribution in [1.29, 1.82) is 0 Å². The van der Waals surface area contributed by atoms with Crippen molar-refractivity contribution in [1.82, 2.24) is 9.88 Å². The highest BCUT2D eigenvalue weighted by atomic mass is 15.0. The summed E-state index contributed by atoms with van der Waals surface area (Å²) in [6.07, 6.45) is 2.25. The van der Waals surface area contributed by atoms with Crippen LogP contribution in [0, 0.1) is 6.92 Å². The lowest BCUT2D eigenvalue weighted by Gasteiger charge is -2.07. The second-order valence-corrected chi connectivity index (χ2v) is 4.82. The number of benzene rings is 1. The molecule has 3 N–H and O–H groups in total. The summed E-state index contributed by atoms with van der Waals surface area (Å²) in [7, 11) is 2.15. The number of nitrogens with zero attached hydrogens (tertiary/aromatic N) is 1. The smallest absolute Gasteiger partial charge is 0.0483 e. The van der Waals surface area contributed by atoms with Crippen LogP contribution in [0.2, 0.25) is 0 Å². The Labute approximate surface area is 109 Å². The van der Waals surface area contributed by atoms with E-state index in [2.05, 4.69) is 48.1 Å². The number of nitrogens with two attached hydrogens (primary N) is 1. The average molecular weight is 245 g/mol. The maximum absolute atomic E-state index is 5.49. The first-order valence-corrected chi connectivity index (χ1v) is 6.69. The third kappa shape index (κ3) is 2.57.